The monoisotopic (exact) mass is 476 g/mol. The minimum Gasteiger partial charge on any atom is -0.489 e. The third kappa shape index (κ3) is 6.04. The molecular formula is C24H17BrN2O4. The minimum atomic E-state index is -1.17. The highest BCUT2D eigenvalue weighted by atomic mass is 79.9. The number of nitrogens with zero attached hydrogens (tertiary/aromatic N) is 1. The van der Waals surface area contributed by atoms with Crippen molar-refractivity contribution in [2.24, 2.45) is 0 Å². The fourth-order valence-corrected chi connectivity index (χ4v) is 2.99. The maximum Gasteiger partial charge on any atom is 0.337 e. The standard InChI is InChI=1S/C24H17BrN2O4/c25-19-10-8-16(9-11-19)15-31-20-5-3-4-17(13-20)12-18(14-26)23(28)27-22-7-2-1-6-21(22)24(29)30/h1-13H,15H2,(H,27,28)(H,29,30)/b18-12+. The van der Waals surface area contributed by atoms with Crippen molar-refractivity contribution in [3.63, 3.8) is 0 Å². The Morgan fingerprint density at radius 2 is 1.81 bits per heavy atom. The molecule has 0 saturated carbocycles. The number of benzene rings is 3. The summed E-state index contributed by atoms with van der Waals surface area (Å²) in [5.74, 6) is -1.28. The molecule has 7 heteroatoms. The van der Waals surface area contributed by atoms with Gasteiger partial charge in [0.15, 0.2) is 0 Å². The number of carbonyl (C=O) groups is 2. The van der Waals surface area contributed by atoms with E-state index < -0.39 is 11.9 Å². The molecule has 0 saturated heterocycles. The van der Waals surface area contributed by atoms with E-state index in [0.29, 0.717) is 17.9 Å². The zero-order valence-corrected chi connectivity index (χ0v) is 17.8. The second kappa shape index (κ2) is 10.2. The number of amides is 1. The summed E-state index contributed by atoms with van der Waals surface area (Å²) in [6.45, 7) is 0.373. The summed E-state index contributed by atoms with van der Waals surface area (Å²) >= 11 is 3.39. The highest BCUT2D eigenvalue weighted by Crippen LogP contribution is 2.20. The van der Waals surface area contributed by atoms with Gasteiger partial charge in [-0.15, -0.1) is 0 Å². The van der Waals surface area contributed by atoms with Crippen molar-refractivity contribution < 1.29 is 19.4 Å². The molecule has 0 aliphatic carbocycles. The number of aromatic carboxylic acids is 1. The van der Waals surface area contributed by atoms with Crippen molar-refractivity contribution in [2.75, 3.05) is 5.32 Å². The molecule has 0 radical (unpaired) electrons. The van der Waals surface area contributed by atoms with E-state index in [2.05, 4.69) is 21.2 Å². The summed E-state index contributed by atoms with van der Waals surface area (Å²) in [5.41, 5.74) is 1.50. The van der Waals surface area contributed by atoms with Crippen LogP contribution in [-0.2, 0) is 11.4 Å². The lowest BCUT2D eigenvalue weighted by molar-refractivity contribution is -0.112. The van der Waals surface area contributed by atoms with Crippen molar-refractivity contribution in [1.29, 1.82) is 5.26 Å². The number of hydrogen-bond acceptors (Lipinski definition) is 4. The van der Waals surface area contributed by atoms with Crippen LogP contribution >= 0.6 is 15.9 Å². The molecule has 0 spiro atoms. The minimum absolute atomic E-state index is 0.0588. The Balaban J connectivity index is 1.74. The average Bonchev–Trinajstić information content (AvgIpc) is 2.77. The fraction of sp³-hybridized carbons (Fsp3) is 0.0417. The molecule has 1 amide bonds. The van der Waals surface area contributed by atoms with Crippen LogP contribution in [0.2, 0.25) is 0 Å². The first-order valence-electron chi connectivity index (χ1n) is 9.19. The number of carboxylic acids is 1. The molecule has 6 nitrogen and oxygen atoms in total. The lowest BCUT2D eigenvalue weighted by atomic mass is 10.1. The number of carbonyl (C=O) groups excluding carboxylic acids is 1. The van der Waals surface area contributed by atoms with Crippen LogP contribution in [0.1, 0.15) is 21.5 Å². The first-order valence-corrected chi connectivity index (χ1v) is 9.98. The highest BCUT2D eigenvalue weighted by Gasteiger charge is 2.15. The van der Waals surface area contributed by atoms with Crippen LogP contribution in [0.25, 0.3) is 6.08 Å². The third-order valence-corrected chi connectivity index (χ3v) is 4.79. The Bertz CT molecular complexity index is 1180. The zero-order chi connectivity index (χ0) is 22.2. The van der Waals surface area contributed by atoms with Gasteiger partial charge in [-0.25, -0.2) is 4.79 Å². The van der Waals surface area contributed by atoms with E-state index in [1.807, 2.05) is 30.3 Å². The van der Waals surface area contributed by atoms with Crippen LogP contribution in [0.5, 0.6) is 5.75 Å². The number of halogens is 1. The largest absolute Gasteiger partial charge is 0.489 e. The SMILES string of the molecule is N#C/C(=C\c1cccc(OCc2ccc(Br)cc2)c1)C(=O)Nc1ccccc1C(=O)O. The lowest BCUT2D eigenvalue weighted by Crippen LogP contribution is -2.16. The van der Waals surface area contributed by atoms with Crippen molar-refractivity contribution in [2.45, 2.75) is 6.61 Å². The van der Waals surface area contributed by atoms with Gasteiger partial charge < -0.3 is 15.2 Å². The normalized spacial score (nSPS) is 10.8. The van der Waals surface area contributed by atoms with E-state index in [-0.39, 0.29) is 16.8 Å². The molecule has 0 aliphatic heterocycles. The van der Waals surface area contributed by atoms with Crippen LogP contribution in [0, 0.1) is 11.3 Å². The van der Waals surface area contributed by atoms with Crippen LogP contribution in [0.15, 0.2) is 82.8 Å². The van der Waals surface area contributed by atoms with Crippen molar-refractivity contribution in [1.82, 2.24) is 0 Å². The van der Waals surface area contributed by atoms with Crippen LogP contribution in [0.3, 0.4) is 0 Å². The first-order chi connectivity index (χ1) is 15.0. The van der Waals surface area contributed by atoms with Gasteiger partial charge in [0.25, 0.3) is 5.91 Å². The third-order valence-electron chi connectivity index (χ3n) is 4.26. The van der Waals surface area contributed by atoms with E-state index in [1.165, 1.54) is 18.2 Å². The topological polar surface area (TPSA) is 99.4 Å². The molecule has 31 heavy (non-hydrogen) atoms. The van der Waals surface area contributed by atoms with E-state index in [0.717, 1.165) is 10.0 Å². The van der Waals surface area contributed by atoms with Gasteiger partial charge in [-0.05, 0) is 53.6 Å². The molecule has 2 N–H and O–H groups in total. The zero-order valence-electron chi connectivity index (χ0n) is 16.2. The number of rotatable bonds is 7. The molecule has 0 heterocycles. The molecule has 3 rings (SSSR count). The lowest BCUT2D eigenvalue weighted by Gasteiger charge is -2.09. The van der Waals surface area contributed by atoms with E-state index in [9.17, 15) is 20.0 Å². The van der Waals surface area contributed by atoms with Gasteiger partial charge in [-0.2, -0.15) is 5.26 Å². The summed E-state index contributed by atoms with van der Waals surface area (Å²) in [6.07, 6.45) is 1.42. The Hall–Kier alpha value is -3.89. The van der Waals surface area contributed by atoms with Gasteiger partial charge in [0.2, 0.25) is 0 Å². The smallest absolute Gasteiger partial charge is 0.337 e. The van der Waals surface area contributed by atoms with Gasteiger partial charge >= 0.3 is 5.97 Å². The molecule has 0 atom stereocenters. The summed E-state index contributed by atoms with van der Waals surface area (Å²) < 4.78 is 6.78. The maximum absolute atomic E-state index is 12.5. The van der Waals surface area contributed by atoms with E-state index in [4.69, 9.17) is 4.74 Å². The molecule has 3 aromatic carbocycles. The van der Waals surface area contributed by atoms with Crippen molar-refractivity contribution >= 4 is 39.6 Å². The van der Waals surface area contributed by atoms with Gasteiger partial charge in [0, 0.05) is 4.47 Å². The summed E-state index contributed by atoms with van der Waals surface area (Å²) in [7, 11) is 0. The summed E-state index contributed by atoms with van der Waals surface area (Å²) in [4.78, 5) is 23.8. The molecule has 0 aromatic heterocycles. The first kappa shape index (κ1) is 21.8. The van der Waals surface area contributed by atoms with Crippen molar-refractivity contribution in [3.05, 3.63) is 99.5 Å². The predicted octanol–water partition coefficient (Wildman–Crippen LogP) is 5.27. The van der Waals surface area contributed by atoms with E-state index >= 15 is 0 Å². The maximum atomic E-state index is 12.5. The fourth-order valence-electron chi connectivity index (χ4n) is 2.72. The van der Waals surface area contributed by atoms with E-state index in [1.54, 1.807) is 36.4 Å². The number of para-hydroxylation sites is 1. The Labute approximate surface area is 187 Å². The van der Waals surface area contributed by atoms with Gasteiger partial charge in [-0.1, -0.05) is 52.3 Å². The Kier molecular flexibility index (Phi) is 7.20. The molecule has 0 bridgehead atoms. The number of ether oxygens (including phenoxy) is 1. The molecule has 154 valence electrons. The van der Waals surface area contributed by atoms with Crippen LogP contribution in [0.4, 0.5) is 5.69 Å². The van der Waals surface area contributed by atoms with Gasteiger partial charge in [-0.3, -0.25) is 4.79 Å². The van der Waals surface area contributed by atoms with Gasteiger partial charge in [0.05, 0.1) is 11.3 Å². The number of hydrogen-bond donors (Lipinski definition) is 2. The number of nitrogens with one attached hydrogen (secondary N) is 1. The molecular weight excluding hydrogens is 460 g/mol. The number of nitriles is 1. The summed E-state index contributed by atoms with van der Waals surface area (Å²) in [5, 5.41) is 21.2. The van der Waals surface area contributed by atoms with Gasteiger partial charge in [0.1, 0.15) is 24.0 Å². The van der Waals surface area contributed by atoms with Crippen molar-refractivity contribution in [3.8, 4) is 11.8 Å². The second-order valence-corrected chi connectivity index (χ2v) is 7.38. The number of carboxylic acid groups (broad SMARTS) is 1. The molecule has 3 aromatic rings. The Morgan fingerprint density at radius 3 is 2.52 bits per heavy atom. The molecule has 0 aliphatic rings. The Morgan fingerprint density at radius 1 is 1.06 bits per heavy atom. The molecule has 0 unspecified atom stereocenters. The van der Waals surface area contributed by atoms with Crippen LogP contribution in [-0.4, -0.2) is 17.0 Å². The number of anilines is 1. The average molecular weight is 477 g/mol. The second-order valence-electron chi connectivity index (χ2n) is 6.46. The quantitative estimate of drug-likeness (QED) is 0.357. The summed E-state index contributed by atoms with van der Waals surface area (Å²) in [6, 6.07) is 22.6. The predicted molar refractivity (Wildman–Crippen MR) is 121 cm³/mol. The van der Waals surface area contributed by atoms with Crippen LogP contribution < -0.4 is 10.1 Å². The highest BCUT2D eigenvalue weighted by molar-refractivity contribution is 9.10. The molecule has 0 fully saturated rings.